The van der Waals surface area contributed by atoms with Crippen LogP contribution < -0.4 is 15.5 Å². The van der Waals surface area contributed by atoms with E-state index in [1.807, 2.05) is 12.1 Å². The molecule has 2 aliphatic rings. The minimum absolute atomic E-state index is 0.0499. The summed E-state index contributed by atoms with van der Waals surface area (Å²) >= 11 is 0. The fourth-order valence-electron chi connectivity index (χ4n) is 3.22. The van der Waals surface area contributed by atoms with E-state index in [9.17, 15) is 4.79 Å². The van der Waals surface area contributed by atoms with E-state index >= 15 is 0 Å². The summed E-state index contributed by atoms with van der Waals surface area (Å²) in [5.41, 5.74) is 2.01. The summed E-state index contributed by atoms with van der Waals surface area (Å²) in [5.74, 6) is 0.0499. The Balaban J connectivity index is 1.58. The third-order valence-electron chi connectivity index (χ3n) is 4.48. The van der Waals surface area contributed by atoms with Crippen LogP contribution in [0.25, 0.3) is 0 Å². The maximum Gasteiger partial charge on any atom is 0.251 e. The average molecular weight is 287 g/mol. The highest BCUT2D eigenvalue weighted by molar-refractivity contribution is 5.94. The van der Waals surface area contributed by atoms with E-state index < -0.39 is 0 Å². The Morgan fingerprint density at radius 3 is 2.52 bits per heavy atom. The van der Waals surface area contributed by atoms with Gasteiger partial charge in [-0.1, -0.05) is 0 Å². The second kappa shape index (κ2) is 6.94. The monoisotopic (exact) mass is 287 g/mol. The summed E-state index contributed by atoms with van der Waals surface area (Å²) in [7, 11) is 0. The van der Waals surface area contributed by atoms with Crippen molar-refractivity contribution < 1.29 is 4.79 Å². The fourth-order valence-corrected chi connectivity index (χ4v) is 3.22. The lowest BCUT2D eigenvalue weighted by Crippen LogP contribution is -2.45. The Morgan fingerprint density at radius 1 is 1.10 bits per heavy atom. The molecule has 4 nitrogen and oxygen atoms in total. The summed E-state index contributed by atoms with van der Waals surface area (Å²) in [4.78, 5) is 14.7. The first-order valence-electron chi connectivity index (χ1n) is 8.19. The van der Waals surface area contributed by atoms with Crippen molar-refractivity contribution in [3.05, 3.63) is 29.8 Å². The zero-order valence-corrected chi connectivity index (χ0v) is 12.6. The number of nitrogens with one attached hydrogen (secondary N) is 2. The molecule has 0 bridgehead atoms. The van der Waals surface area contributed by atoms with Crippen LogP contribution in [0.3, 0.4) is 0 Å². The maximum absolute atomic E-state index is 12.2. The molecule has 2 aliphatic heterocycles. The summed E-state index contributed by atoms with van der Waals surface area (Å²) < 4.78 is 0. The molecule has 0 unspecified atom stereocenters. The molecule has 4 heteroatoms. The normalized spacial score (nSPS) is 22.9. The van der Waals surface area contributed by atoms with Crippen LogP contribution in [0.5, 0.6) is 0 Å². The van der Waals surface area contributed by atoms with Crippen molar-refractivity contribution in [2.75, 3.05) is 31.1 Å². The molecule has 114 valence electrons. The topological polar surface area (TPSA) is 44.4 Å². The number of rotatable bonds is 3. The van der Waals surface area contributed by atoms with Crippen LogP contribution >= 0.6 is 0 Å². The maximum atomic E-state index is 12.2. The van der Waals surface area contributed by atoms with E-state index in [0.29, 0.717) is 0 Å². The number of carbonyl (C=O) groups excluding carboxylic acids is 1. The van der Waals surface area contributed by atoms with Gasteiger partial charge in [-0.05, 0) is 62.9 Å². The number of hydrogen-bond acceptors (Lipinski definition) is 3. The highest BCUT2D eigenvalue weighted by Gasteiger charge is 2.17. The van der Waals surface area contributed by atoms with Gasteiger partial charge in [0.15, 0.2) is 0 Å². The lowest BCUT2D eigenvalue weighted by atomic mass is 10.1. The van der Waals surface area contributed by atoms with Crippen LogP contribution in [0.15, 0.2) is 24.3 Å². The number of hydrogen-bond donors (Lipinski definition) is 2. The molecule has 1 aromatic carbocycles. The molecule has 0 spiro atoms. The summed E-state index contributed by atoms with van der Waals surface area (Å²) in [6, 6.07) is 8.34. The summed E-state index contributed by atoms with van der Waals surface area (Å²) in [5, 5.41) is 6.44. The standard InChI is InChI=1S/C17H25N3O/c21-17(19-15-5-4-10-18-13-15)14-6-8-16(9-7-14)20-11-2-1-3-12-20/h6-9,15,18H,1-5,10-13H2,(H,19,21)/t15-/m0/s1. The van der Waals surface area contributed by atoms with Crippen LogP contribution in [0, 0.1) is 0 Å². The van der Waals surface area contributed by atoms with Crippen molar-refractivity contribution >= 4 is 11.6 Å². The number of anilines is 1. The zero-order valence-electron chi connectivity index (χ0n) is 12.6. The minimum Gasteiger partial charge on any atom is -0.372 e. The predicted molar refractivity (Wildman–Crippen MR) is 85.9 cm³/mol. The molecule has 0 saturated carbocycles. The zero-order chi connectivity index (χ0) is 14.5. The van der Waals surface area contributed by atoms with Crippen molar-refractivity contribution in [1.29, 1.82) is 0 Å². The molecular formula is C17H25N3O. The van der Waals surface area contributed by atoms with Crippen LogP contribution in [0.4, 0.5) is 5.69 Å². The van der Waals surface area contributed by atoms with Crippen molar-refractivity contribution in [2.45, 2.75) is 38.1 Å². The highest BCUT2D eigenvalue weighted by Crippen LogP contribution is 2.20. The largest absolute Gasteiger partial charge is 0.372 e. The van der Waals surface area contributed by atoms with Crippen molar-refractivity contribution in [3.8, 4) is 0 Å². The number of piperidine rings is 2. The molecule has 0 radical (unpaired) electrons. The molecule has 0 aliphatic carbocycles. The summed E-state index contributed by atoms with van der Waals surface area (Å²) in [6.07, 6.45) is 6.10. The van der Waals surface area contributed by atoms with Gasteiger partial charge in [0.1, 0.15) is 0 Å². The first-order valence-corrected chi connectivity index (χ1v) is 8.19. The van der Waals surface area contributed by atoms with Crippen LogP contribution in [0.1, 0.15) is 42.5 Å². The Bertz CT molecular complexity index is 459. The first kappa shape index (κ1) is 14.4. The number of nitrogens with zero attached hydrogens (tertiary/aromatic N) is 1. The Hall–Kier alpha value is -1.55. The van der Waals surface area contributed by atoms with Gasteiger partial charge in [0, 0.05) is 36.9 Å². The Morgan fingerprint density at radius 2 is 1.86 bits per heavy atom. The van der Waals surface area contributed by atoms with Crippen LogP contribution in [-0.4, -0.2) is 38.1 Å². The molecular weight excluding hydrogens is 262 g/mol. The molecule has 2 heterocycles. The van der Waals surface area contributed by atoms with Crippen LogP contribution in [-0.2, 0) is 0 Å². The second-order valence-corrected chi connectivity index (χ2v) is 6.11. The van der Waals surface area contributed by atoms with Gasteiger partial charge < -0.3 is 15.5 Å². The van der Waals surface area contributed by atoms with Gasteiger partial charge in [0.05, 0.1) is 0 Å². The van der Waals surface area contributed by atoms with Gasteiger partial charge in [-0.3, -0.25) is 4.79 Å². The SMILES string of the molecule is O=C(N[C@H]1CCCNC1)c1ccc(N2CCCCC2)cc1. The van der Waals surface area contributed by atoms with E-state index in [1.165, 1.54) is 24.9 Å². The van der Waals surface area contributed by atoms with Gasteiger partial charge in [-0.15, -0.1) is 0 Å². The molecule has 2 N–H and O–H groups in total. The Labute approximate surface area is 126 Å². The van der Waals surface area contributed by atoms with E-state index in [-0.39, 0.29) is 11.9 Å². The van der Waals surface area contributed by atoms with Crippen molar-refractivity contribution in [2.24, 2.45) is 0 Å². The molecule has 3 rings (SSSR count). The molecule has 2 saturated heterocycles. The molecule has 0 aromatic heterocycles. The summed E-state index contributed by atoms with van der Waals surface area (Å²) in [6.45, 7) is 4.23. The third kappa shape index (κ3) is 3.76. The third-order valence-corrected chi connectivity index (χ3v) is 4.48. The fraction of sp³-hybridized carbons (Fsp3) is 0.588. The Kier molecular flexibility index (Phi) is 4.76. The second-order valence-electron chi connectivity index (χ2n) is 6.11. The average Bonchev–Trinajstić information content (AvgIpc) is 2.57. The lowest BCUT2D eigenvalue weighted by Gasteiger charge is -2.29. The highest BCUT2D eigenvalue weighted by atomic mass is 16.1. The minimum atomic E-state index is 0.0499. The quantitative estimate of drug-likeness (QED) is 0.895. The lowest BCUT2D eigenvalue weighted by molar-refractivity contribution is 0.0930. The van der Waals surface area contributed by atoms with Crippen molar-refractivity contribution in [3.63, 3.8) is 0 Å². The van der Waals surface area contributed by atoms with E-state index in [4.69, 9.17) is 0 Å². The van der Waals surface area contributed by atoms with Gasteiger partial charge >= 0.3 is 0 Å². The predicted octanol–water partition coefficient (Wildman–Crippen LogP) is 2.16. The van der Waals surface area contributed by atoms with Gasteiger partial charge in [0.2, 0.25) is 0 Å². The first-order chi connectivity index (χ1) is 10.3. The van der Waals surface area contributed by atoms with Gasteiger partial charge in [-0.25, -0.2) is 0 Å². The smallest absolute Gasteiger partial charge is 0.251 e. The molecule has 1 amide bonds. The van der Waals surface area contributed by atoms with E-state index in [1.54, 1.807) is 0 Å². The molecule has 21 heavy (non-hydrogen) atoms. The van der Waals surface area contributed by atoms with Crippen molar-refractivity contribution in [1.82, 2.24) is 10.6 Å². The number of benzene rings is 1. The van der Waals surface area contributed by atoms with E-state index in [0.717, 1.165) is 44.6 Å². The molecule has 1 aromatic rings. The number of carbonyl (C=O) groups is 1. The van der Waals surface area contributed by atoms with E-state index in [2.05, 4.69) is 27.7 Å². The number of amides is 1. The molecule has 2 fully saturated rings. The van der Waals surface area contributed by atoms with Gasteiger partial charge in [0.25, 0.3) is 5.91 Å². The van der Waals surface area contributed by atoms with Gasteiger partial charge in [-0.2, -0.15) is 0 Å². The molecule has 1 atom stereocenters. The van der Waals surface area contributed by atoms with Crippen LogP contribution in [0.2, 0.25) is 0 Å².